The highest BCUT2D eigenvalue weighted by Gasteiger charge is 2.20. The number of fused-ring (bicyclic) bond motifs is 1. The van der Waals surface area contributed by atoms with Crippen molar-refractivity contribution in [3.63, 3.8) is 0 Å². The Kier molecular flexibility index (Phi) is 5.06. The Morgan fingerprint density at radius 2 is 2.04 bits per heavy atom. The zero-order valence-electron chi connectivity index (χ0n) is 14.6. The number of halogens is 1. The number of ether oxygens (including phenoxy) is 2. The molecule has 0 saturated carbocycles. The average molecular weight is 365 g/mol. The Morgan fingerprint density at radius 1 is 1.32 bits per heavy atom. The van der Waals surface area contributed by atoms with E-state index >= 15 is 0 Å². The Bertz CT molecular complexity index is 785. The fraction of sp³-hybridized carbons (Fsp3) is 0.529. The normalized spacial score (nSPS) is 15.4. The molecule has 8 heteroatoms. The molecule has 2 aromatic rings. The predicted octanol–water partition coefficient (Wildman–Crippen LogP) is 2.40. The lowest BCUT2D eigenvalue weighted by Crippen LogP contribution is -2.36. The van der Waals surface area contributed by atoms with Gasteiger partial charge in [-0.25, -0.2) is 0 Å². The largest absolute Gasteiger partial charge is 0.460 e. The SMILES string of the molecule is CC(C)(C)OC(=O)Cc1nnc(Cl)c2ncc(N3CCOCC3)cc12. The van der Waals surface area contributed by atoms with E-state index in [4.69, 9.17) is 21.1 Å². The van der Waals surface area contributed by atoms with Gasteiger partial charge >= 0.3 is 5.97 Å². The predicted molar refractivity (Wildman–Crippen MR) is 94.9 cm³/mol. The number of pyridine rings is 1. The summed E-state index contributed by atoms with van der Waals surface area (Å²) in [5, 5.41) is 8.94. The van der Waals surface area contributed by atoms with Crippen LogP contribution in [0.3, 0.4) is 0 Å². The summed E-state index contributed by atoms with van der Waals surface area (Å²) in [5.41, 5.74) is 1.44. The smallest absolute Gasteiger partial charge is 0.312 e. The number of esters is 1. The standard InChI is InChI=1S/C17H21ClN4O3/c1-17(2,3)25-14(23)9-13-12-8-11(22-4-6-24-7-5-22)10-19-15(12)16(18)21-20-13/h8,10H,4-7,9H2,1-3H3. The van der Waals surface area contributed by atoms with Gasteiger partial charge < -0.3 is 14.4 Å². The Hall–Kier alpha value is -1.99. The molecule has 0 aliphatic carbocycles. The molecular weight excluding hydrogens is 344 g/mol. The zero-order valence-corrected chi connectivity index (χ0v) is 15.3. The molecule has 0 radical (unpaired) electrons. The molecule has 1 aliphatic rings. The van der Waals surface area contributed by atoms with E-state index in [2.05, 4.69) is 20.1 Å². The number of anilines is 1. The lowest BCUT2D eigenvalue weighted by Gasteiger charge is -2.28. The minimum Gasteiger partial charge on any atom is -0.460 e. The number of aromatic nitrogens is 3. The number of rotatable bonds is 3. The van der Waals surface area contributed by atoms with E-state index in [0.717, 1.165) is 24.2 Å². The molecule has 0 unspecified atom stereocenters. The Morgan fingerprint density at radius 3 is 2.72 bits per heavy atom. The summed E-state index contributed by atoms with van der Waals surface area (Å²) in [6.45, 7) is 8.43. The van der Waals surface area contributed by atoms with Crippen LogP contribution in [-0.2, 0) is 20.7 Å². The molecule has 3 heterocycles. The number of carbonyl (C=O) groups is 1. The molecule has 3 rings (SSSR count). The Labute approximate surface area is 151 Å². The van der Waals surface area contributed by atoms with Gasteiger partial charge in [-0.05, 0) is 26.8 Å². The van der Waals surface area contributed by atoms with Gasteiger partial charge in [0.2, 0.25) is 0 Å². The van der Waals surface area contributed by atoms with Crippen molar-refractivity contribution in [3.8, 4) is 0 Å². The fourth-order valence-corrected chi connectivity index (χ4v) is 2.87. The van der Waals surface area contributed by atoms with Crippen molar-refractivity contribution < 1.29 is 14.3 Å². The fourth-order valence-electron chi connectivity index (χ4n) is 2.68. The van der Waals surface area contributed by atoms with Crippen LogP contribution in [-0.4, -0.2) is 53.1 Å². The number of hydrogen-bond acceptors (Lipinski definition) is 7. The summed E-state index contributed by atoms with van der Waals surface area (Å²) < 4.78 is 10.8. The molecular formula is C17H21ClN4O3. The van der Waals surface area contributed by atoms with Crippen molar-refractivity contribution in [1.29, 1.82) is 0 Å². The summed E-state index contributed by atoms with van der Waals surface area (Å²) in [7, 11) is 0. The second kappa shape index (κ2) is 7.09. The monoisotopic (exact) mass is 364 g/mol. The number of nitrogens with zero attached hydrogens (tertiary/aromatic N) is 4. The second-order valence-electron chi connectivity index (χ2n) is 6.89. The van der Waals surface area contributed by atoms with Crippen molar-refractivity contribution in [1.82, 2.24) is 15.2 Å². The number of morpholine rings is 1. The van der Waals surface area contributed by atoms with Crippen molar-refractivity contribution in [2.24, 2.45) is 0 Å². The first-order chi connectivity index (χ1) is 11.8. The van der Waals surface area contributed by atoms with Gasteiger partial charge in [-0.2, -0.15) is 5.10 Å². The van der Waals surface area contributed by atoms with Gasteiger partial charge in [0.25, 0.3) is 0 Å². The van der Waals surface area contributed by atoms with E-state index in [0.29, 0.717) is 24.4 Å². The lowest BCUT2D eigenvalue weighted by atomic mass is 10.1. The van der Waals surface area contributed by atoms with Crippen LogP contribution in [0.15, 0.2) is 12.3 Å². The van der Waals surface area contributed by atoms with E-state index in [1.807, 2.05) is 26.8 Å². The maximum atomic E-state index is 12.2. The van der Waals surface area contributed by atoms with Gasteiger partial charge in [0.15, 0.2) is 5.15 Å². The molecule has 0 aromatic carbocycles. The van der Waals surface area contributed by atoms with Gasteiger partial charge in [-0.15, -0.1) is 5.10 Å². The molecule has 2 aromatic heterocycles. The topological polar surface area (TPSA) is 77.4 Å². The molecule has 0 spiro atoms. The minimum absolute atomic E-state index is 0.0200. The quantitative estimate of drug-likeness (QED) is 0.774. The first-order valence-corrected chi connectivity index (χ1v) is 8.56. The molecule has 0 amide bonds. The van der Waals surface area contributed by atoms with Gasteiger partial charge in [-0.3, -0.25) is 9.78 Å². The van der Waals surface area contributed by atoms with Crippen LogP contribution < -0.4 is 4.90 Å². The van der Waals surface area contributed by atoms with Crippen molar-refractivity contribution in [2.75, 3.05) is 31.2 Å². The van der Waals surface area contributed by atoms with E-state index < -0.39 is 5.60 Å². The second-order valence-corrected chi connectivity index (χ2v) is 7.25. The zero-order chi connectivity index (χ0) is 18.0. The first kappa shape index (κ1) is 17.8. The molecule has 0 N–H and O–H groups in total. The van der Waals surface area contributed by atoms with Gasteiger partial charge in [0, 0.05) is 18.5 Å². The maximum absolute atomic E-state index is 12.2. The summed E-state index contributed by atoms with van der Waals surface area (Å²) in [6, 6.07) is 1.95. The van der Waals surface area contributed by atoms with Gasteiger partial charge in [0.1, 0.15) is 11.1 Å². The number of hydrogen-bond donors (Lipinski definition) is 0. The van der Waals surface area contributed by atoms with Crippen LogP contribution in [0.1, 0.15) is 26.5 Å². The summed E-state index contributed by atoms with van der Waals surface area (Å²) in [5.74, 6) is -0.359. The van der Waals surface area contributed by atoms with Crippen molar-refractivity contribution >= 4 is 34.2 Å². The summed E-state index contributed by atoms with van der Waals surface area (Å²) in [4.78, 5) is 18.8. The third-order valence-corrected chi connectivity index (χ3v) is 4.00. The summed E-state index contributed by atoms with van der Waals surface area (Å²) >= 11 is 6.12. The van der Waals surface area contributed by atoms with Crippen LogP contribution >= 0.6 is 11.6 Å². The van der Waals surface area contributed by atoms with Gasteiger partial charge in [0.05, 0.1) is 37.2 Å². The van der Waals surface area contributed by atoms with Crippen LogP contribution in [0.5, 0.6) is 0 Å². The van der Waals surface area contributed by atoms with Gasteiger partial charge in [-0.1, -0.05) is 11.6 Å². The van der Waals surface area contributed by atoms with E-state index in [-0.39, 0.29) is 17.5 Å². The van der Waals surface area contributed by atoms with E-state index in [1.165, 1.54) is 0 Å². The van der Waals surface area contributed by atoms with Crippen molar-refractivity contribution in [3.05, 3.63) is 23.1 Å². The molecule has 1 saturated heterocycles. The molecule has 0 atom stereocenters. The van der Waals surface area contributed by atoms with E-state index in [9.17, 15) is 4.79 Å². The lowest BCUT2D eigenvalue weighted by molar-refractivity contribution is -0.153. The molecule has 25 heavy (non-hydrogen) atoms. The Balaban J connectivity index is 1.94. The minimum atomic E-state index is -0.552. The highest BCUT2D eigenvalue weighted by Crippen LogP contribution is 2.26. The summed E-state index contributed by atoms with van der Waals surface area (Å²) in [6.07, 6.45) is 1.78. The molecule has 0 bridgehead atoms. The van der Waals surface area contributed by atoms with Crippen LogP contribution in [0.25, 0.3) is 10.9 Å². The van der Waals surface area contributed by atoms with Crippen LogP contribution in [0.4, 0.5) is 5.69 Å². The van der Waals surface area contributed by atoms with Crippen LogP contribution in [0, 0.1) is 0 Å². The van der Waals surface area contributed by atoms with Crippen LogP contribution in [0.2, 0.25) is 5.15 Å². The average Bonchev–Trinajstić information content (AvgIpc) is 2.56. The molecule has 134 valence electrons. The van der Waals surface area contributed by atoms with E-state index in [1.54, 1.807) is 6.20 Å². The third-order valence-electron chi connectivity index (χ3n) is 3.75. The highest BCUT2D eigenvalue weighted by atomic mass is 35.5. The molecule has 1 aliphatic heterocycles. The third kappa shape index (κ3) is 4.35. The van der Waals surface area contributed by atoms with Crippen molar-refractivity contribution in [2.45, 2.75) is 32.8 Å². The molecule has 7 nitrogen and oxygen atoms in total. The first-order valence-electron chi connectivity index (χ1n) is 8.19. The maximum Gasteiger partial charge on any atom is 0.312 e. The highest BCUT2D eigenvalue weighted by molar-refractivity contribution is 6.33. The number of carbonyl (C=O) groups excluding carboxylic acids is 1. The molecule has 1 fully saturated rings.